The molecule has 138 valence electrons. The maximum absolute atomic E-state index is 13.6. The third-order valence-electron chi connectivity index (χ3n) is 3.82. The zero-order valence-electron chi connectivity index (χ0n) is 14.4. The molecule has 27 heavy (non-hydrogen) atoms. The number of nitrogens with two attached hydrogens (primary N) is 1. The molecule has 0 aliphatic heterocycles. The van der Waals surface area contributed by atoms with Crippen LogP contribution in [0, 0.1) is 11.2 Å². The minimum atomic E-state index is -0.647. The Kier molecular flexibility index (Phi) is 5.46. The first-order valence-electron chi connectivity index (χ1n) is 8.26. The van der Waals surface area contributed by atoms with E-state index in [4.69, 9.17) is 11.1 Å². The van der Waals surface area contributed by atoms with Gasteiger partial charge in [0.1, 0.15) is 29.5 Å². The number of nitrogens with zero attached hydrogens (tertiary/aromatic N) is 2. The molecule has 7 nitrogen and oxygen atoms in total. The summed E-state index contributed by atoms with van der Waals surface area (Å²) in [6, 6.07) is 13.1. The van der Waals surface area contributed by atoms with Crippen LogP contribution in [-0.2, 0) is 0 Å². The lowest BCUT2D eigenvalue weighted by Gasteiger charge is -2.14. The summed E-state index contributed by atoms with van der Waals surface area (Å²) >= 11 is 0. The van der Waals surface area contributed by atoms with Gasteiger partial charge in [-0.3, -0.25) is 5.41 Å². The highest BCUT2D eigenvalue weighted by molar-refractivity contribution is 6.16. The molecule has 6 N–H and O–H groups in total. The first kappa shape index (κ1) is 18.1. The number of anilines is 3. The topological polar surface area (TPSA) is 120 Å². The molecule has 2 aromatic carbocycles. The minimum absolute atomic E-state index is 0.0820. The first-order chi connectivity index (χ1) is 13.0. The van der Waals surface area contributed by atoms with E-state index >= 15 is 0 Å². The second kappa shape index (κ2) is 8.13. The minimum Gasteiger partial charge on any atom is -0.508 e. The van der Waals surface area contributed by atoms with Crippen molar-refractivity contribution in [2.24, 2.45) is 0 Å². The number of nitrogens with one attached hydrogen (secondary N) is 3. The van der Waals surface area contributed by atoms with E-state index in [0.29, 0.717) is 18.9 Å². The molecule has 0 saturated carbocycles. The van der Waals surface area contributed by atoms with Gasteiger partial charge in [0.25, 0.3) is 0 Å². The van der Waals surface area contributed by atoms with Crippen LogP contribution in [0.5, 0.6) is 5.75 Å². The molecule has 8 heteroatoms. The zero-order chi connectivity index (χ0) is 19.2. The SMILES string of the molecule is N=C(c1cc(O)cc(F)c1)c1c(N)ncnc1NCCNc1ccccc1. The Bertz CT molecular complexity index is 928. The summed E-state index contributed by atoms with van der Waals surface area (Å²) < 4.78 is 13.6. The van der Waals surface area contributed by atoms with Crippen LogP contribution in [0.4, 0.5) is 21.7 Å². The molecule has 1 heterocycles. The lowest BCUT2D eigenvalue weighted by atomic mass is 10.0. The highest BCUT2D eigenvalue weighted by Gasteiger charge is 2.17. The number of hydrogen-bond acceptors (Lipinski definition) is 7. The summed E-state index contributed by atoms with van der Waals surface area (Å²) in [7, 11) is 0. The number of nitrogen functional groups attached to an aromatic ring is 1. The number of aromatic hydroxyl groups is 1. The molecule has 0 saturated heterocycles. The van der Waals surface area contributed by atoms with Crippen molar-refractivity contribution < 1.29 is 9.50 Å². The van der Waals surface area contributed by atoms with Gasteiger partial charge in [0.2, 0.25) is 0 Å². The molecule has 0 amide bonds. The first-order valence-corrected chi connectivity index (χ1v) is 8.26. The third-order valence-corrected chi connectivity index (χ3v) is 3.82. The van der Waals surface area contributed by atoms with E-state index < -0.39 is 5.82 Å². The average Bonchev–Trinajstić information content (AvgIpc) is 2.65. The van der Waals surface area contributed by atoms with Gasteiger partial charge in [0.05, 0.1) is 11.3 Å². The van der Waals surface area contributed by atoms with Crippen LogP contribution in [0.2, 0.25) is 0 Å². The van der Waals surface area contributed by atoms with Gasteiger partial charge in [0, 0.05) is 30.4 Å². The van der Waals surface area contributed by atoms with Crippen LogP contribution < -0.4 is 16.4 Å². The van der Waals surface area contributed by atoms with Gasteiger partial charge in [0.15, 0.2) is 0 Å². The molecule has 0 aliphatic carbocycles. The van der Waals surface area contributed by atoms with E-state index in [1.165, 1.54) is 12.4 Å². The van der Waals surface area contributed by atoms with E-state index in [-0.39, 0.29) is 28.4 Å². The maximum Gasteiger partial charge on any atom is 0.141 e. The largest absolute Gasteiger partial charge is 0.508 e. The molecule has 0 unspecified atom stereocenters. The van der Waals surface area contributed by atoms with Gasteiger partial charge < -0.3 is 21.5 Å². The number of hydrogen-bond donors (Lipinski definition) is 5. The van der Waals surface area contributed by atoms with Crippen molar-refractivity contribution in [1.82, 2.24) is 9.97 Å². The predicted octanol–water partition coefficient (Wildman–Crippen LogP) is 2.84. The molecule has 0 radical (unpaired) electrons. The van der Waals surface area contributed by atoms with Gasteiger partial charge in [-0.1, -0.05) is 18.2 Å². The third kappa shape index (κ3) is 4.49. The maximum atomic E-state index is 13.6. The molecule has 3 aromatic rings. The van der Waals surface area contributed by atoms with Crippen molar-refractivity contribution in [3.8, 4) is 5.75 Å². The molecule has 0 spiro atoms. The van der Waals surface area contributed by atoms with Crippen molar-refractivity contribution in [2.45, 2.75) is 0 Å². The second-order valence-electron chi connectivity index (χ2n) is 5.78. The van der Waals surface area contributed by atoms with Crippen molar-refractivity contribution in [1.29, 1.82) is 5.41 Å². The van der Waals surface area contributed by atoms with Crippen molar-refractivity contribution >= 4 is 23.0 Å². The molecule has 3 rings (SSSR count). The second-order valence-corrected chi connectivity index (χ2v) is 5.78. The molecule has 0 atom stereocenters. The monoisotopic (exact) mass is 366 g/mol. The van der Waals surface area contributed by atoms with E-state index in [9.17, 15) is 9.50 Å². The smallest absolute Gasteiger partial charge is 0.141 e. The Morgan fingerprint density at radius 3 is 2.56 bits per heavy atom. The van der Waals surface area contributed by atoms with Crippen LogP contribution in [0.15, 0.2) is 54.9 Å². The molecule has 0 fully saturated rings. The number of halogens is 1. The van der Waals surface area contributed by atoms with Crippen LogP contribution in [0.1, 0.15) is 11.1 Å². The Morgan fingerprint density at radius 1 is 1.07 bits per heavy atom. The number of para-hydroxylation sites is 1. The summed E-state index contributed by atoms with van der Waals surface area (Å²) in [4.78, 5) is 8.07. The van der Waals surface area contributed by atoms with Crippen LogP contribution in [0.25, 0.3) is 0 Å². The molecular weight excluding hydrogens is 347 g/mol. The fourth-order valence-corrected chi connectivity index (χ4v) is 2.59. The standard InChI is InChI=1S/C19H19FN6O/c20-13-8-12(9-15(27)10-13)17(21)16-18(22)25-11-26-19(16)24-7-6-23-14-4-2-1-3-5-14/h1-5,8-11,21,23,27H,6-7H2,(H3,22,24,25,26). The Balaban J connectivity index is 1.75. The normalized spacial score (nSPS) is 10.4. The van der Waals surface area contributed by atoms with Crippen LogP contribution >= 0.6 is 0 Å². The number of phenolic OH excluding ortho intramolecular Hbond substituents is 1. The van der Waals surface area contributed by atoms with E-state index in [0.717, 1.165) is 17.8 Å². The Morgan fingerprint density at radius 2 is 1.81 bits per heavy atom. The number of benzene rings is 2. The van der Waals surface area contributed by atoms with Crippen molar-refractivity contribution in [3.63, 3.8) is 0 Å². The summed E-state index contributed by atoms with van der Waals surface area (Å²) in [5.41, 5.74) is 7.27. The van der Waals surface area contributed by atoms with Crippen molar-refractivity contribution in [3.05, 3.63) is 71.8 Å². The average molecular weight is 366 g/mol. The number of aromatic nitrogens is 2. The van der Waals surface area contributed by atoms with E-state index in [1.54, 1.807) is 0 Å². The summed E-state index contributed by atoms with van der Waals surface area (Å²) in [5, 5.41) is 24.3. The highest BCUT2D eigenvalue weighted by Crippen LogP contribution is 2.24. The summed E-state index contributed by atoms with van der Waals surface area (Å²) in [6.45, 7) is 1.13. The molecule has 1 aromatic heterocycles. The van der Waals surface area contributed by atoms with Gasteiger partial charge in [-0.05, 0) is 24.3 Å². The molecule has 0 bridgehead atoms. The van der Waals surface area contributed by atoms with E-state index in [1.807, 2.05) is 30.3 Å². The van der Waals surface area contributed by atoms with Gasteiger partial charge in [-0.2, -0.15) is 0 Å². The summed E-state index contributed by atoms with van der Waals surface area (Å²) in [5.74, 6) is -0.457. The fraction of sp³-hybridized carbons (Fsp3) is 0.105. The van der Waals surface area contributed by atoms with Gasteiger partial charge in [-0.15, -0.1) is 0 Å². The van der Waals surface area contributed by atoms with Crippen LogP contribution in [-0.4, -0.2) is 33.9 Å². The summed E-state index contributed by atoms with van der Waals surface area (Å²) in [6.07, 6.45) is 1.29. The van der Waals surface area contributed by atoms with Gasteiger partial charge >= 0.3 is 0 Å². The molecule has 0 aliphatic rings. The van der Waals surface area contributed by atoms with E-state index in [2.05, 4.69) is 20.6 Å². The van der Waals surface area contributed by atoms with Crippen LogP contribution in [0.3, 0.4) is 0 Å². The fourth-order valence-electron chi connectivity index (χ4n) is 2.59. The quantitative estimate of drug-likeness (QED) is 0.324. The predicted molar refractivity (Wildman–Crippen MR) is 104 cm³/mol. The molecular formula is C19H19FN6O. The van der Waals surface area contributed by atoms with Crippen molar-refractivity contribution in [2.75, 3.05) is 29.5 Å². The number of phenols is 1. The Labute approximate surface area is 155 Å². The lowest BCUT2D eigenvalue weighted by Crippen LogP contribution is -2.18. The highest BCUT2D eigenvalue weighted by atomic mass is 19.1. The zero-order valence-corrected chi connectivity index (χ0v) is 14.4. The van der Waals surface area contributed by atoms with Gasteiger partial charge in [-0.25, -0.2) is 14.4 Å². The lowest BCUT2D eigenvalue weighted by molar-refractivity contribution is 0.469. The number of rotatable bonds is 7. The Hall–Kier alpha value is -3.68.